The van der Waals surface area contributed by atoms with E-state index in [4.69, 9.17) is 14.2 Å². The Balaban J connectivity index is 1.63. The fourth-order valence-electron chi connectivity index (χ4n) is 2.72. The Morgan fingerprint density at radius 3 is 2.48 bits per heavy atom. The molecule has 1 N–H and O–H groups in total. The summed E-state index contributed by atoms with van der Waals surface area (Å²) < 4.78 is 16.8. The van der Waals surface area contributed by atoms with Crippen LogP contribution in [0.1, 0.15) is 22.8 Å². The maximum absolute atomic E-state index is 12.7. The number of ether oxygens (including phenoxy) is 3. The van der Waals surface area contributed by atoms with Gasteiger partial charge in [-0.1, -0.05) is 48.5 Å². The van der Waals surface area contributed by atoms with Crippen LogP contribution in [0.4, 0.5) is 5.69 Å². The molecule has 0 bridgehead atoms. The molecule has 1 amide bonds. The van der Waals surface area contributed by atoms with Gasteiger partial charge < -0.3 is 19.5 Å². The zero-order chi connectivity index (χ0) is 20.3. The van der Waals surface area contributed by atoms with Gasteiger partial charge >= 0.3 is 0 Å². The standard InChI is InChI=1S/C24H25NO4/c1-2-27-15-16-28-21-12-8-11-20(17-21)24(26)25-22-13-6-7-14-23(22)29-18-19-9-4-3-5-10-19/h3-14,17H,2,15-16,18H2,1H3,(H,25,26). The van der Waals surface area contributed by atoms with Gasteiger partial charge in [-0.15, -0.1) is 0 Å². The number of benzene rings is 3. The molecule has 3 rings (SSSR count). The normalized spacial score (nSPS) is 10.4. The number of carbonyl (C=O) groups excluding carboxylic acids is 1. The van der Waals surface area contributed by atoms with Gasteiger partial charge in [0.15, 0.2) is 0 Å². The van der Waals surface area contributed by atoms with Gasteiger partial charge in [0.1, 0.15) is 24.7 Å². The third kappa shape index (κ3) is 6.36. The molecule has 3 aromatic carbocycles. The smallest absolute Gasteiger partial charge is 0.255 e. The molecule has 0 spiro atoms. The molecule has 0 unspecified atom stereocenters. The highest BCUT2D eigenvalue weighted by atomic mass is 16.5. The second kappa shape index (κ2) is 10.9. The average molecular weight is 391 g/mol. The SMILES string of the molecule is CCOCCOc1cccc(C(=O)Nc2ccccc2OCc2ccccc2)c1. The van der Waals surface area contributed by atoms with Gasteiger partial charge in [0.25, 0.3) is 5.91 Å². The topological polar surface area (TPSA) is 56.8 Å². The summed E-state index contributed by atoms with van der Waals surface area (Å²) in [4.78, 5) is 12.7. The molecule has 5 heteroatoms. The first kappa shape index (κ1) is 20.4. The van der Waals surface area contributed by atoms with Crippen LogP contribution < -0.4 is 14.8 Å². The summed E-state index contributed by atoms with van der Waals surface area (Å²) in [6.07, 6.45) is 0. The fraction of sp³-hybridized carbons (Fsp3) is 0.208. The molecule has 0 atom stereocenters. The van der Waals surface area contributed by atoms with E-state index < -0.39 is 0 Å². The Morgan fingerprint density at radius 2 is 1.66 bits per heavy atom. The minimum absolute atomic E-state index is 0.226. The Bertz CT molecular complexity index is 912. The molecule has 150 valence electrons. The molecule has 0 aliphatic heterocycles. The van der Waals surface area contributed by atoms with Crippen molar-refractivity contribution in [3.05, 3.63) is 90.0 Å². The second-order valence-electron chi connectivity index (χ2n) is 6.30. The van der Waals surface area contributed by atoms with Crippen molar-refractivity contribution in [2.24, 2.45) is 0 Å². The number of nitrogens with one attached hydrogen (secondary N) is 1. The minimum Gasteiger partial charge on any atom is -0.491 e. The van der Waals surface area contributed by atoms with Crippen molar-refractivity contribution >= 4 is 11.6 Å². The van der Waals surface area contributed by atoms with Crippen LogP contribution in [0.15, 0.2) is 78.9 Å². The number of hydrogen-bond acceptors (Lipinski definition) is 4. The molecule has 5 nitrogen and oxygen atoms in total. The predicted octanol–water partition coefficient (Wildman–Crippen LogP) is 4.93. The maximum atomic E-state index is 12.7. The lowest BCUT2D eigenvalue weighted by atomic mass is 10.2. The van der Waals surface area contributed by atoms with Gasteiger partial charge in [-0.25, -0.2) is 0 Å². The number of para-hydroxylation sites is 2. The Labute approximate surface area is 171 Å². The average Bonchev–Trinajstić information content (AvgIpc) is 2.77. The largest absolute Gasteiger partial charge is 0.491 e. The number of anilines is 1. The summed E-state index contributed by atoms with van der Waals surface area (Å²) in [5, 5.41) is 2.92. The zero-order valence-electron chi connectivity index (χ0n) is 16.5. The quantitative estimate of drug-likeness (QED) is 0.498. The maximum Gasteiger partial charge on any atom is 0.255 e. The van der Waals surface area contributed by atoms with Crippen molar-refractivity contribution in [2.75, 3.05) is 25.1 Å². The number of hydrogen-bond donors (Lipinski definition) is 1. The Kier molecular flexibility index (Phi) is 7.66. The Morgan fingerprint density at radius 1 is 0.862 bits per heavy atom. The third-order valence-corrected chi connectivity index (χ3v) is 4.17. The van der Waals surface area contributed by atoms with E-state index in [9.17, 15) is 4.79 Å². The lowest BCUT2D eigenvalue weighted by Gasteiger charge is -2.13. The summed E-state index contributed by atoms with van der Waals surface area (Å²) >= 11 is 0. The number of carbonyl (C=O) groups is 1. The molecule has 0 aromatic heterocycles. The van der Waals surface area contributed by atoms with Crippen LogP contribution in [0.5, 0.6) is 11.5 Å². The summed E-state index contributed by atoms with van der Waals surface area (Å²) in [5.74, 6) is 1.02. The van der Waals surface area contributed by atoms with Crippen LogP contribution in [0.25, 0.3) is 0 Å². The van der Waals surface area contributed by atoms with E-state index >= 15 is 0 Å². The van der Waals surface area contributed by atoms with Crippen molar-refractivity contribution in [1.29, 1.82) is 0 Å². The van der Waals surface area contributed by atoms with Crippen molar-refractivity contribution in [3.8, 4) is 11.5 Å². The zero-order valence-corrected chi connectivity index (χ0v) is 16.5. The van der Waals surface area contributed by atoms with Gasteiger partial charge in [0.05, 0.1) is 12.3 Å². The summed E-state index contributed by atoms with van der Waals surface area (Å²) in [6.45, 7) is 3.97. The van der Waals surface area contributed by atoms with E-state index in [-0.39, 0.29) is 5.91 Å². The highest BCUT2D eigenvalue weighted by Gasteiger charge is 2.11. The minimum atomic E-state index is -0.226. The first-order valence-corrected chi connectivity index (χ1v) is 9.64. The van der Waals surface area contributed by atoms with E-state index in [2.05, 4.69) is 5.32 Å². The van der Waals surface area contributed by atoms with Gasteiger partial charge in [-0.05, 0) is 42.8 Å². The van der Waals surface area contributed by atoms with E-state index in [0.29, 0.717) is 49.2 Å². The summed E-state index contributed by atoms with van der Waals surface area (Å²) in [6, 6.07) is 24.4. The molecule has 0 saturated carbocycles. The van der Waals surface area contributed by atoms with E-state index in [1.165, 1.54) is 0 Å². The molecule has 0 radical (unpaired) electrons. The fourth-order valence-corrected chi connectivity index (χ4v) is 2.72. The molecule has 0 fully saturated rings. The number of rotatable bonds is 10. The van der Waals surface area contributed by atoms with Crippen LogP contribution in [0, 0.1) is 0 Å². The summed E-state index contributed by atoms with van der Waals surface area (Å²) in [5.41, 5.74) is 2.19. The van der Waals surface area contributed by atoms with E-state index in [1.807, 2.05) is 67.6 Å². The first-order valence-electron chi connectivity index (χ1n) is 9.64. The lowest BCUT2D eigenvalue weighted by molar-refractivity contribution is 0.102. The van der Waals surface area contributed by atoms with Crippen molar-refractivity contribution in [2.45, 2.75) is 13.5 Å². The molecule has 0 aliphatic carbocycles. The van der Waals surface area contributed by atoms with Crippen LogP contribution in [-0.4, -0.2) is 25.7 Å². The molecular formula is C24H25NO4. The van der Waals surface area contributed by atoms with Gasteiger partial charge in [0.2, 0.25) is 0 Å². The molecule has 0 heterocycles. The van der Waals surface area contributed by atoms with Gasteiger partial charge in [0, 0.05) is 12.2 Å². The molecular weight excluding hydrogens is 366 g/mol. The third-order valence-electron chi connectivity index (χ3n) is 4.17. The molecule has 0 saturated heterocycles. The molecule has 0 aliphatic rings. The highest BCUT2D eigenvalue weighted by molar-refractivity contribution is 6.05. The second-order valence-corrected chi connectivity index (χ2v) is 6.30. The lowest BCUT2D eigenvalue weighted by Crippen LogP contribution is -2.13. The van der Waals surface area contributed by atoms with Crippen LogP contribution in [0.3, 0.4) is 0 Å². The van der Waals surface area contributed by atoms with Crippen molar-refractivity contribution in [1.82, 2.24) is 0 Å². The first-order chi connectivity index (χ1) is 14.3. The van der Waals surface area contributed by atoms with Crippen molar-refractivity contribution in [3.63, 3.8) is 0 Å². The van der Waals surface area contributed by atoms with E-state index in [1.54, 1.807) is 18.2 Å². The van der Waals surface area contributed by atoms with Crippen LogP contribution in [-0.2, 0) is 11.3 Å². The number of amides is 1. The predicted molar refractivity (Wildman–Crippen MR) is 114 cm³/mol. The molecule has 29 heavy (non-hydrogen) atoms. The van der Waals surface area contributed by atoms with Crippen LogP contribution >= 0.6 is 0 Å². The monoisotopic (exact) mass is 391 g/mol. The molecule has 3 aromatic rings. The summed E-state index contributed by atoms with van der Waals surface area (Å²) in [7, 11) is 0. The van der Waals surface area contributed by atoms with Gasteiger partial charge in [-0.2, -0.15) is 0 Å². The highest BCUT2D eigenvalue weighted by Crippen LogP contribution is 2.26. The van der Waals surface area contributed by atoms with E-state index in [0.717, 1.165) is 5.56 Å². The van der Waals surface area contributed by atoms with Gasteiger partial charge in [-0.3, -0.25) is 4.79 Å². The van der Waals surface area contributed by atoms with Crippen LogP contribution in [0.2, 0.25) is 0 Å². The Hall–Kier alpha value is -3.31. The van der Waals surface area contributed by atoms with Crippen molar-refractivity contribution < 1.29 is 19.0 Å².